The molecule has 0 radical (unpaired) electrons. The third-order valence-corrected chi connectivity index (χ3v) is 23.3. The predicted octanol–water partition coefficient (Wildman–Crippen LogP) is 5.72. The molecule has 5 amide bonds. The standard InChI is InChI=1S/C76H101N9O25S4/c1-75(2)56-47-54(113(104,105)106)25-29-62(56)84(37-10-12-43-111(98,99)100)64(75)31-21-51-17-14-18-52(22-32-65-76(3,4)57-48-55(114(107,108)109)26-30-63(57)85(65)38-11-13-44-112(101,102)103)69(51)110-53-23-19-50(20-24-53)46-61(73(95)96)79-71(92)60(45-49-15-8-7-9-16-49)78-66(86)35-39-82(5)41-42-83(6)40-36-77-70(91)58(27-33-67(87)88)80-74(97)81-59(72(93)94)28-34-68(89)90/h7-9,15-16,19-26,29-32,47-48,58-61,64H,10-14,17-18,27-28,33-46H2,1-6H3,(H,77,91)(H,78,86)(H,79,92)(H,87,88)(H,89,90)(H,93,94)(H,95,96)(H2,80,81,97)(H,98,99,100)(H,101,102,103)(H,104,105,106)(H,107,108,109)/b31-21+,52-22+,65-32+/t58-,59-,60-,61-,64?/m0/s1. The number of ether oxygens (including phenoxy) is 1. The maximum absolute atomic E-state index is 14.3. The summed E-state index contributed by atoms with van der Waals surface area (Å²) in [6.07, 6.45) is 7.48. The first-order chi connectivity index (χ1) is 53.3. The number of nitrogens with zero attached hydrogens (tertiary/aromatic N) is 4. The van der Waals surface area contributed by atoms with Gasteiger partial charge in [0, 0.05) is 106 Å². The first-order valence-corrected chi connectivity index (χ1v) is 42.9. The van der Waals surface area contributed by atoms with Gasteiger partial charge in [-0.2, -0.15) is 33.7 Å². The molecule has 0 aromatic heterocycles. The van der Waals surface area contributed by atoms with E-state index in [1.807, 2.05) is 71.6 Å². The van der Waals surface area contributed by atoms with Crippen molar-refractivity contribution in [2.75, 3.05) is 81.2 Å². The summed E-state index contributed by atoms with van der Waals surface area (Å²) in [5, 5.41) is 50.7. The summed E-state index contributed by atoms with van der Waals surface area (Å²) in [4.78, 5) is 108. The fraction of sp³-hybridized carbons (Fsp3) is 0.474. The van der Waals surface area contributed by atoms with Crippen LogP contribution in [0.4, 0.5) is 16.2 Å². The van der Waals surface area contributed by atoms with Crippen molar-refractivity contribution in [2.45, 2.75) is 168 Å². The smallest absolute Gasteiger partial charge is 0.326 e. The quantitative estimate of drug-likeness (QED) is 0.0186. The Labute approximate surface area is 663 Å². The van der Waals surface area contributed by atoms with E-state index in [4.69, 9.17) is 9.84 Å². The Hall–Kier alpha value is -9.64. The molecule has 13 N–H and O–H groups in total. The van der Waals surface area contributed by atoms with Crippen molar-refractivity contribution in [3.05, 3.63) is 160 Å². The van der Waals surface area contributed by atoms with Crippen molar-refractivity contribution in [1.29, 1.82) is 0 Å². The maximum Gasteiger partial charge on any atom is 0.326 e. The third kappa shape index (κ3) is 27.3. The van der Waals surface area contributed by atoms with Gasteiger partial charge in [0.2, 0.25) is 17.7 Å². The number of rotatable bonds is 44. The second-order valence-electron chi connectivity index (χ2n) is 29.5. The number of hydrogen-bond acceptors (Lipinski definition) is 21. The summed E-state index contributed by atoms with van der Waals surface area (Å²) < 4.78 is 144. The fourth-order valence-electron chi connectivity index (χ4n) is 13.8. The summed E-state index contributed by atoms with van der Waals surface area (Å²) in [5.41, 5.74) is 3.62. The lowest BCUT2D eigenvalue weighted by molar-refractivity contribution is -0.142. The van der Waals surface area contributed by atoms with E-state index in [0.717, 1.165) is 0 Å². The SMILES string of the molecule is CN(CCNC(=O)[C@H](CCC(=O)O)NC(=O)N[C@@H](CCC(=O)O)C(=O)O)CCN(C)CCC(=O)N[C@@H](Cc1ccccc1)C(=O)N[C@@H](Cc1ccc(OC2=C(/C=C/C3N(CCCCS(=O)(=O)O)c4ccc(S(=O)(=O)O)cc4C3(C)C)CCC/C2=C\C=C2\N(CCCCS(=O)(=O)O)c3ccc(S(=O)(=O)O)cc3C2(C)C)cc1)C(=O)O. The average molecular weight is 1670 g/mol. The van der Waals surface area contributed by atoms with Gasteiger partial charge in [-0.25, -0.2) is 14.4 Å². The highest BCUT2D eigenvalue weighted by molar-refractivity contribution is 7.86. The van der Waals surface area contributed by atoms with Gasteiger partial charge in [-0.3, -0.25) is 42.2 Å². The molecule has 4 aromatic rings. The Balaban J connectivity index is 1.09. The number of carboxylic acid groups (broad SMARTS) is 4. The molecule has 34 nitrogen and oxygen atoms in total. The maximum atomic E-state index is 14.3. The molecule has 0 saturated carbocycles. The van der Waals surface area contributed by atoms with Crippen molar-refractivity contribution in [2.24, 2.45) is 0 Å². The van der Waals surface area contributed by atoms with Crippen LogP contribution < -0.4 is 41.1 Å². The minimum atomic E-state index is -4.66. The number of likely N-dealkylation sites (N-methyl/N-ethyl adjacent to an activating group) is 2. The van der Waals surface area contributed by atoms with Gasteiger partial charge in [0.05, 0.1) is 27.3 Å². The van der Waals surface area contributed by atoms with Crippen LogP contribution in [0.1, 0.15) is 127 Å². The number of unbranched alkanes of at least 4 members (excludes halogenated alkanes) is 2. The molecule has 1 aliphatic carbocycles. The highest BCUT2D eigenvalue weighted by Gasteiger charge is 2.45. The molecule has 0 spiro atoms. The molecule has 2 heterocycles. The van der Waals surface area contributed by atoms with Gasteiger partial charge >= 0.3 is 29.9 Å². The largest absolute Gasteiger partial charge is 0.481 e. The number of carbonyl (C=O) groups is 8. The molecular weight excluding hydrogens is 1570 g/mol. The minimum Gasteiger partial charge on any atom is -0.481 e. The molecule has 624 valence electrons. The zero-order valence-corrected chi connectivity index (χ0v) is 67.3. The summed E-state index contributed by atoms with van der Waals surface area (Å²) >= 11 is 0. The van der Waals surface area contributed by atoms with Gasteiger partial charge in [-0.15, -0.1) is 0 Å². The lowest BCUT2D eigenvalue weighted by Gasteiger charge is -2.33. The van der Waals surface area contributed by atoms with Crippen LogP contribution in [0.3, 0.4) is 0 Å². The van der Waals surface area contributed by atoms with E-state index in [-0.39, 0.29) is 99.6 Å². The molecule has 0 saturated heterocycles. The number of urea groups is 1. The Bertz CT molecular complexity index is 4780. The van der Waals surface area contributed by atoms with E-state index >= 15 is 0 Å². The normalized spacial score (nSPS) is 17.3. The molecule has 7 rings (SSSR count). The molecular formula is C76H101N9O25S4. The molecule has 1 unspecified atom stereocenters. The van der Waals surface area contributed by atoms with Gasteiger partial charge in [-0.05, 0) is 160 Å². The average Bonchev–Trinajstić information content (AvgIpc) is 1.59. The topological polar surface area (TPSA) is 517 Å². The van der Waals surface area contributed by atoms with E-state index in [9.17, 15) is 106 Å². The monoisotopic (exact) mass is 1670 g/mol. The van der Waals surface area contributed by atoms with Crippen molar-refractivity contribution in [1.82, 2.24) is 36.4 Å². The van der Waals surface area contributed by atoms with E-state index in [0.29, 0.717) is 88.6 Å². The Morgan fingerprint density at radius 2 is 1.11 bits per heavy atom. The number of carbonyl (C=O) groups excluding carboxylic acids is 4. The number of carboxylic acids is 4. The third-order valence-electron chi connectivity index (χ3n) is 20.0. The first-order valence-electron chi connectivity index (χ1n) is 36.8. The fourth-order valence-corrected chi connectivity index (χ4v) is 15.9. The van der Waals surface area contributed by atoms with Crippen LogP contribution in [0.25, 0.3) is 0 Å². The van der Waals surface area contributed by atoms with E-state index in [1.165, 1.54) is 24.3 Å². The Kier molecular flexibility index (Phi) is 32.2. The molecule has 0 bridgehead atoms. The van der Waals surface area contributed by atoms with E-state index < -0.39 is 160 Å². The zero-order chi connectivity index (χ0) is 84.3. The van der Waals surface area contributed by atoms with Crippen LogP contribution in [-0.2, 0) is 97.7 Å². The number of nitrogens with one attached hydrogen (secondary N) is 5. The van der Waals surface area contributed by atoms with Gasteiger partial charge in [0.25, 0.3) is 40.5 Å². The number of anilines is 2. The van der Waals surface area contributed by atoms with Crippen molar-refractivity contribution < 1.29 is 115 Å². The number of amides is 5. The Morgan fingerprint density at radius 3 is 1.69 bits per heavy atom. The molecule has 5 atom stereocenters. The molecule has 2 aliphatic heterocycles. The van der Waals surface area contributed by atoms with Crippen LogP contribution in [0.15, 0.2) is 148 Å². The minimum absolute atomic E-state index is 0.0129. The number of benzene rings is 4. The van der Waals surface area contributed by atoms with Gasteiger partial charge in [0.1, 0.15) is 35.7 Å². The van der Waals surface area contributed by atoms with Crippen molar-refractivity contribution >= 4 is 99.5 Å². The highest BCUT2D eigenvalue weighted by atomic mass is 32.2. The van der Waals surface area contributed by atoms with E-state index in [2.05, 4.69) is 26.6 Å². The number of fused-ring (bicyclic) bond motifs is 2. The van der Waals surface area contributed by atoms with Crippen molar-refractivity contribution in [3.63, 3.8) is 0 Å². The molecule has 0 fully saturated rings. The van der Waals surface area contributed by atoms with Gasteiger partial charge in [-0.1, -0.05) is 88.4 Å². The lowest BCUT2D eigenvalue weighted by Crippen LogP contribution is -2.54. The lowest BCUT2D eigenvalue weighted by atomic mass is 9.80. The Morgan fingerprint density at radius 1 is 0.570 bits per heavy atom. The zero-order valence-electron chi connectivity index (χ0n) is 64.1. The van der Waals surface area contributed by atoms with Crippen LogP contribution in [0, 0.1) is 0 Å². The second kappa shape index (κ2) is 40.1. The highest BCUT2D eigenvalue weighted by Crippen LogP contribution is 2.50. The summed E-state index contributed by atoms with van der Waals surface area (Å²) in [5.74, 6) is -7.85. The van der Waals surface area contributed by atoms with Crippen LogP contribution in [0.5, 0.6) is 5.75 Å². The molecule has 3 aliphatic rings. The van der Waals surface area contributed by atoms with Crippen LogP contribution >= 0.6 is 0 Å². The van der Waals surface area contributed by atoms with Gasteiger partial charge in [0.15, 0.2) is 0 Å². The van der Waals surface area contributed by atoms with Gasteiger partial charge < -0.3 is 71.3 Å². The molecule has 38 heteroatoms. The summed E-state index contributed by atoms with van der Waals surface area (Å²) in [6, 6.07) is 16.2. The summed E-state index contributed by atoms with van der Waals surface area (Å²) in [7, 11) is -14.4. The molecule has 114 heavy (non-hydrogen) atoms. The predicted molar refractivity (Wildman–Crippen MR) is 420 cm³/mol. The summed E-state index contributed by atoms with van der Waals surface area (Å²) in [6.45, 7) is 9.34. The number of aliphatic carboxylic acids is 4. The van der Waals surface area contributed by atoms with Crippen LogP contribution in [-0.4, -0.2) is 231 Å². The van der Waals surface area contributed by atoms with Crippen LogP contribution in [0.2, 0.25) is 0 Å². The number of allylic oxidation sites excluding steroid dienone is 6. The second-order valence-corrected chi connectivity index (χ2v) is 35.5. The van der Waals surface area contributed by atoms with Crippen molar-refractivity contribution in [3.8, 4) is 5.75 Å². The molecule has 4 aromatic carbocycles. The first kappa shape index (κ1) is 91.5. The number of hydrogen-bond donors (Lipinski definition) is 13. The van der Waals surface area contributed by atoms with E-state index in [1.54, 1.807) is 80.8 Å².